The lowest BCUT2D eigenvalue weighted by atomic mass is 9.90. The third-order valence-electron chi connectivity index (χ3n) is 3.67. The molecular weight excluding hydrogens is 216 g/mol. The average Bonchev–Trinajstić information content (AvgIpc) is 2.74. The molecular formula is C13H20N2O2. The van der Waals surface area contributed by atoms with Crippen LogP contribution in [0.2, 0.25) is 0 Å². The van der Waals surface area contributed by atoms with E-state index in [1.54, 1.807) is 6.26 Å². The summed E-state index contributed by atoms with van der Waals surface area (Å²) in [6.45, 7) is 5.35. The van der Waals surface area contributed by atoms with Gasteiger partial charge >= 0.3 is 0 Å². The first-order valence-corrected chi connectivity index (χ1v) is 6.20. The van der Waals surface area contributed by atoms with E-state index in [0.717, 1.165) is 24.9 Å². The van der Waals surface area contributed by atoms with Crippen LogP contribution in [0.5, 0.6) is 0 Å². The van der Waals surface area contributed by atoms with Crippen molar-refractivity contribution in [3.8, 4) is 0 Å². The van der Waals surface area contributed by atoms with Gasteiger partial charge in [0.05, 0.1) is 6.26 Å². The third-order valence-corrected chi connectivity index (χ3v) is 3.67. The van der Waals surface area contributed by atoms with E-state index in [-0.39, 0.29) is 11.9 Å². The topological polar surface area (TPSA) is 59.5 Å². The molecule has 17 heavy (non-hydrogen) atoms. The van der Waals surface area contributed by atoms with Crippen LogP contribution >= 0.6 is 0 Å². The standard InChI is InChI=1S/C13H20N2O2/c1-9-4-3-6-15(11(9)8-14)13(16)12-10(2)5-7-17-12/h5,7,9,11H,3-4,6,8,14H2,1-2H3/t9-,11-/m1/s1. The first kappa shape index (κ1) is 12.2. The molecule has 2 heterocycles. The van der Waals surface area contributed by atoms with E-state index in [4.69, 9.17) is 10.2 Å². The van der Waals surface area contributed by atoms with Gasteiger partial charge < -0.3 is 15.1 Å². The van der Waals surface area contributed by atoms with E-state index in [1.165, 1.54) is 0 Å². The summed E-state index contributed by atoms with van der Waals surface area (Å²) < 4.78 is 5.28. The second-order valence-electron chi connectivity index (χ2n) is 4.85. The number of furan rings is 1. The average molecular weight is 236 g/mol. The van der Waals surface area contributed by atoms with Crippen molar-refractivity contribution in [1.82, 2.24) is 4.90 Å². The van der Waals surface area contributed by atoms with Crippen molar-refractivity contribution in [1.29, 1.82) is 0 Å². The molecule has 1 aromatic heterocycles. The summed E-state index contributed by atoms with van der Waals surface area (Å²) in [6.07, 6.45) is 3.75. The van der Waals surface area contributed by atoms with Crippen molar-refractivity contribution in [2.45, 2.75) is 32.7 Å². The Morgan fingerprint density at radius 1 is 1.65 bits per heavy atom. The molecule has 0 saturated carbocycles. The smallest absolute Gasteiger partial charge is 0.290 e. The zero-order valence-electron chi connectivity index (χ0n) is 10.5. The monoisotopic (exact) mass is 236 g/mol. The number of amides is 1. The molecule has 2 N–H and O–H groups in total. The normalized spacial score (nSPS) is 25.0. The molecule has 0 radical (unpaired) electrons. The van der Waals surface area contributed by atoms with Crippen LogP contribution in [0.25, 0.3) is 0 Å². The van der Waals surface area contributed by atoms with Gasteiger partial charge in [-0.1, -0.05) is 6.92 Å². The van der Waals surface area contributed by atoms with Crippen LogP contribution in [0.3, 0.4) is 0 Å². The Kier molecular flexibility index (Phi) is 3.52. The number of hydrogen-bond acceptors (Lipinski definition) is 3. The predicted octanol–water partition coefficient (Wildman–Crippen LogP) is 1.79. The van der Waals surface area contributed by atoms with Crippen LogP contribution < -0.4 is 5.73 Å². The summed E-state index contributed by atoms with van der Waals surface area (Å²) in [5, 5.41) is 0. The van der Waals surface area contributed by atoms with E-state index < -0.39 is 0 Å². The van der Waals surface area contributed by atoms with Gasteiger partial charge in [0.15, 0.2) is 5.76 Å². The molecule has 2 atom stereocenters. The summed E-state index contributed by atoms with van der Waals surface area (Å²) >= 11 is 0. The van der Waals surface area contributed by atoms with Gasteiger partial charge in [0.1, 0.15) is 0 Å². The number of carbonyl (C=O) groups is 1. The fourth-order valence-corrected chi connectivity index (χ4v) is 2.58. The Bertz CT molecular complexity index is 400. The number of nitrogens with two attached hydrogens (primary N) is 1. The predicted molar refractivity (Wildman–Crippen MR) is 65.7 cm³/mol. The van der Waals surface area contributed by atoms with E-state index in [2.05, 4.69) is 6.92 Å². The molecule has 1 fully saturated rings. The molecule has 0 spiro atoms. The van der Waals surface area contributed by atoms with E-state index in [0.29, 0.717) is 18.2 Å². The van der Waals surface area contributed by atoms with Crippen LogP contribution in [-0.2, 0) is 0 Å². The van der Waals surface area contributed by atoms with Gasteiger partial charge in [-0.25, -0.2) is 0 Å². The maximum atomic E-state index is 12.4. The molecule has 0 aromatic carbocycles. The summed E-state index contributed by atoms with van der Waals surface area (Å²) in [4.78, 5) is 14.2. The SMILES string of the molecule is Cc1ccoc1C(=O)N1CCC[C@@H](C)[C@H]1CN. The zero-order valence-corrected chi connectivity index (χ0v) is 10.5. The molecule has 1 saturated heterocycles. The van der Waals surface area contributed by atoms with Gasteiger partial charge in [-0.3, -0.25) is 4.79 Å². The highest BCUT2D eigenvalue weighted by molar-refractivity contribution is 5.93. The number of piperidine rings is 1. The molecule has 1 amide bonds. The lowest BCUT2D eigenvalue weighted by molar-refractivity contribution is 0.0500. The second-order valence-corrected chi connectivity index (χ2v) is 4.85. The Morgan fingerprint density at radius 2 is 2.41 bits per heavy atom. The van der Waals surface area contributed by atoms with Crippen LogP contribution in [0.15, 0.2) is 16.7 Å². The quantitative estimate of drug-likeness (QED) is 0.851. The van der Waals surface area contributed by atoms with Crippen LogP contribution in [-0.4, -0.2) is 29.9 Å². The number of rotatable bonds is 2. The third kappa shape index (κ3) is 2.22. The highest BCUT2D eigenvalue weighted by Gasteiger charge is 2.32. The van der Waals surface area contributed by atoms with Crippen LogP contribution in [0, 0.1) is 12.8 Å². The first-order chi connectivity index (χ1) is 8.15. The number of aryl methyl sites for hydroxylation is 1. The lowest BCUT2D eigenvalue weighted by Crippen LogP contribution is -2.51. The lowest BCUT2D eigenvalue weighted by Gasteiger charge is -2.39. The minimum Gasteiger partial charge on any atom is -0.459 e. The highest BCUT2D eigenvalue weighted by atomic mass is 16.3. The van der Waals surface area contributed by atoms with Gasteiger partial charge in [0, 0.05) is 24.7 Å². The summed E-state index contributed by atoms with van der Waals surface area (Å²) in [7, 11) is 0. The van der Waals surface area contributed by atoms with Crippen molar-refractivity contribution in [2.24, 2.45) is 11.7 Å². The van der Waals surface area contributed by atoms with E-state index >= 15 is 0 Å². The number of hydrogen-bond donors (Lipinski definition) is 1. The molecule has 0 aliphatic carbocycles. The highest BCUT2D eigenvalue weighted by Crippen LogP contribution is 2.25. The van der Waals surface area contributed by atoms with Gasteiger partial charge in [0.2, 0.25) is 0 Å². The minimum absolute atomic E-state index is 0.0190. The molecule has 2 rings (SSSR count). The number of likely N-dealkylation sites (tertiary alicyclic amines) is 1. The van der Waals surface area contributed by atoms with Crippen molar-refractivity contribution in [3.05, 3.63) is 23.7 Å². The maximum absolute atomic E-state index is 12.4. The summed E-state index contributed by atoms with van der Waals surface area (Å²) in [5.41, 5.74) is 6.68. The molecule has 0 bridgehead atoms. The number of carbonyl (C=O) groups excluding carboxylic acids is 1. The Morgan fingerprint density at radius 3 is 3.00 bits per heavy atom. The van der Waals surface area contributed by atoms with Crippen molar-refractivity contribution in [3.63, 3.8) is 0 Å². The van der Waals surface area contributed by atoms with Gasteiger partial charge in [-0.2, -0.15) is 0 Å². The van der Waals surface area contributed by atoms with Crippen LogP contribution in [0.4, 0.5) is 0 Å². The summed E-state index contributed by atoms with van der Waals surface area (Å²) in [6, 6.07) is 1.96. The molecule has 0 unspecified atom stereocenters. The largest absolute Gasteiger partial charge is 0.459 e. The minimum atomic E-state index is -0.0190. The Hall–Kier alpha value is -1.29. The Balaban J connectivity index is 2.21. The van der Waals surface area contributed by atoms with Crippen molar-refractivity contribution >= 4 is 5.91 Å². The molecule has 4 heteroatoms. The van der Waals surface area contributed by atoms with Gasteiger partial charge in [-0.05, 0) is 31.7 Å². The van der Waals surface area contributed by atoms with E-state index in [9.17, 15) is 4.79 Å². The van der Waals surface area contributed by atoms with Gasteiger partial charge in [0.25, 0.3) is 5.91 Å². The fraction of sp³-hybridized carbons (Fsp3) is 0.615. The second kappa shape index (κ2) is 4.92. The Labute approximate surface area is 102 Å². The molecule has 1 aromatic rings. The summed E-state index contributed by atoms with van der Waals surface area (Å²) in [5.74, 6) is 0.903. The first-order valence-electron chi connectivity index (χ1n) is 6.20. The number of nitrogens with zero attached hydrogens (tertiary/aromatic N) is 1. The molecule has 4 nitrogen and oxygen atoms in total. The zero-order chi connectivity index (χ0) is 12.4. The van der Waals surface area contributed by atoms with Gasteiger partial charge in [-0.15, -0.1) is 0 Å². The molecule has 94 valence electrons. The fourth-order valence-electron chi connectivity index (χ4n) is 2.58. The van der Waals surface area contributed by atoms with Crippen molar-refractivity contribution < 1.29 is 9.21 Å². The van der Waals surface area contributed by atoms with E-state index in [1.807, 2.05) is 17.9 Å². The molecule has 1 aliphatic rings. The maximum Gasteiger partial charge on any atom is 0.290 e. The van der Waals surface area contributed by atoms with Crippen molar-refractivity contribution in [2.75, 3.05) is 13.1 Å². The van der Waals surface area contributed by atoms with Crippen LogP contribution in [0.1, 0.15) is 35.9 Å². The molecule has 1 aliphatic heterocycles.